The number of hydrogen-bond donors (Lipinski definition) is 1. The number of aromatic nitrogens is 1. The zero-order chi connectivity index (χ0) is 22.4. The van der Waals surface area contributed by atoms with E-state index in [1.54, 1.807) is 12.1 Å². The van der Waals surface area contributed by atoms with Crippen molar-refractivity contribution in [1.82, 2.24) is 4.57 Å². The summed E-state index contributed by atoms with van der Waals surface area (Å²) >= 11 is 0. The highest BCUT2D eigenvalue weighted by molar-refractivity contribution is 7.90. The average Bonchev–Trinajstić information content (AvgIpc) is 3.08. The van der Waals surface area contributed by atoms with Crippen molar-refractivity contribution in [3.05, 3.63) is 71.9 Å². The number of rotatable bonds is 9. The number of carbonyl (C=O) groups excluding carboxylic acids is 1. The Balaban J connectivity index is 1.92. The minimum absolute atomic E-state index is 0.0321. The van der Waals surface area contributed by atoms with Gasteiger partial charge in [0.2, 0.25) is 0 Å². The van der Waals surface area contributed by atoms with E-state index in [0.29, 0.717) is 12.8 Å². The standard InChI is InChI=1S/C24H27NO5S/c1-18-20(14-16-30-24(27)9-6-15-26)17-23(25(18)21-7-4-3-5-8-21)19-10-12-22(13-11-19)31(2,28)29/h3-5,7-8,10-13,17,26H,6,9,14-16H2,1-2H3. The van der Waals surface area contributed by atoms with Crippen LogP contribution in [0.25, 0.3) is 16.9 Å². The molecular formula is C24H27NO5S. The Morgan fingerprint density at radius 1 is 1.06 bits per heavy atom. The molecule has 2 aromatic carbocycles. The van der Waals surface area contributed by atoms with Gasteiger partial charge in [0.15, 0.2) is 9.84 Å². The van der Waals surface area contributed by atoms with Crippen LogP contribution in [0.3, 0.4) is 0 Å². The second kappa shape index (κ2) is 9.94. The molecule has 0 atom stereocenters. The van der Waals surface area contributed by atoms with Gasteiger partial charge < -0.3 is 14.4 Å². The van der Waals surface area contributed by atoms with Gasteiger partial charge in [-0.25, -0.2) is 8.42 Å². The maximum atomic E-state index is 11.8. The molecule has 0 aliphatic carbocycles. The highest BCUT2D eigenvalue weighted by Crippen LogP contribution is 2.30. The molecule has 3 rings (SSSR count). The Labute approximate surface area is 183 Å². The fourth-order valence-corrected chi connectivity index (χ4v) is 4.11. The molecule has 1 N–H and O–H groups in total. The largest absolute Gasteiger partial charge is 0.465 e. The van der Waals surface area contributed by atoms with Crippen LogP contribution in [0.15, 0.2) is 65.6 Å². The SMILES string of the molecule is Cc1c(CCOC(=O)CCCO)cc(-c2ccc(S(C)(=O)=O)cc2)n1-c1ccccc1. The minimum Gasteiger partial charge on any atom is -0.465 e. The molecule has 0 aliphatic rings. The van der Waals surface area contributed by atoms with Gasteiger partial charge in [-0.05, 0) is 54.8 Å². The maximum absolute atomic E-state index is 11.8. The lowest BCUT2D eigenvalue weighted by Crippen LogP contribution is -2.08. The molecule has 0 radical (unpaired) electrons. The Kier molecular flexibility index (Phi) is 7.30. The predicted molar refractivity (Wildman–Crippen MR) is 120 cm³/mol. The highest BCUT2D eigenvalue weighted by Gasteiger charge is 2.16. The van der Waals surface area contributed by atoms with Gasteiger partial charge in [-0.1, -0.05) is 30.3 Å². The molecule has 0 unspecified atom stereocenters. The summed E-state index contributed by atoms with van der Waals surface area (Å²) in [5.74, 6) is -0.314. The molecule has 164 valence electrons. The second-order valence-electron chi connectivity index (χ2n) is 7.41. The van der Waals surface area contributed by atoms with E-state index in [-0.39, 0.29) is 30.5 Å². The van der Waals surface area contributed by atoms with Crippen LogP contribution in [0.2, 0.25) is 0 Å². The third-order valence-electron chi connectivity index (χ3n) is 5.12. The van der Waals surface area contributed by atoms with Gasteiger partial charge in [0, 0.05) is 37.1 Å². The van der Waals surface area contributed by atoms with Crippen LogP contribution < -0.4 is 0 Å². The zero-order valence-electron chi connectivity index (χ0n) is 17.7. The van der Waals surface area contributed by atoms with Crippen LogP contribution >= 0.6 is 0 Å². The van der Waals surface area contributed by atoms with Crippen LogP contribution in [-0.2, 0) is 25.8 Å². The summed E-state index contributed by atoms with van der Waals surface area (Å²) in [5.41, 5.74) is 4.89. The Morgan fingerprint density at radius 3 is 2.35 bits per heavy atom. The van der Waals surface area contributed by atoms with Crippen LogP contribution in [0.1, 0.15) is 24.1 Å². The summed E-state index contributed by atoms with van der Waals surface area (Å²) in [6, 6.07) is 18.8. The summed E-state index contributed by atoms with van der Waals surface area (Å²) in [6.07, 6.45) is 2.36. The Bertz CT molecular complexity index is 1130. The predicted octanol–water partition coefficient (Wildman–Crippen LogP) is 3.71. The first-order chi connectivity index (χ1) is 14.8. The van der Waals surface area contributed by atoms with Crippen molar-refractivity contribution in [3.8, 4) is 16.9 Å². The van der Waals surface area contributed by atoms with Crippen molar-refractivity contribution in [2.45, 2.75) is 31.1 Å². The van der Waals surface area contributed by atoms with Gasteiger partial charge >= 0.3 is 5.97 Å². The molecule has 0 fully saturated rings. The molecule has 0 amide bonds. The lowest BCUT2D eigenvalue weighted by Gasteiger charge is -2.13. The van der Waals surface area contributed by atoms with Gasteiger partial charge in [0.1, 0.15) is 0 Å². The first-order valence-corrected chi connectivity index (χ1v) is 12.0. The number of sulfone groups is 1. The highest BCUT2D eigenvalue weighted by atomic mass is 32.2. The van der Waals surface area contributed by atoms with Crippen molar-refractivity contribution in [1.29, 1.82) is 0 Å². The Morgan fingerprint density at radius 2 is 1.74 bits per heavy atom. The fourth-order valence-electron chi connectivity index (χ4n) is 3.48. The van der Waals surface area contributed by atoms with Gasteiger partial charge in [-0.3, -0.25) is 4.79 Å². The molecule has 6 nitrogen and oxygen atoms in total. The van der Waals surface area contributed by atoms with E-state index in [1.165, 1.54) is 6.26 Å². The topological polar surface area (TPSA) is 85.6 Å². The van der Waals surface area contributed by atoms with Crippen LogP contribution in [0.5, 0.6) is 0 Å². The van der Waals surface area contributed by atoms with E-state index in [9.17, 15) is 13.2 Å². The number of benzene rings is 2. The normalized spacial score (nSPS) is 11.5. The lowest BCUT2D eigenvalue weighted by atomic mass is 10.1. The van der Waals surface area contributed by atoms with E-state index in [4.69, 9.17) is 9.84 Å². The van der Waals surface area contributed by atoms with Crippen LogP contribution in [-0.4, -0.2) is 43.5 Å². The maximum Gasteiger partial charge on any atom is 0.305 e. The number of hydrogen-bond acceptors (Lipinski definition) is 5. The number of esters is 1. The molecule has 0 saturated heterocycles. The molecule has 0 bridgehead atoms. The van der Waals surface area contributed by atoms with Gasteiger partial charge in [-0.15, -0.1) is 0 Å². The van der Waals surface area contributed by atoms with Crippen molar-refractivity contribution < 1.29 is 23.1 Å². The molecule has 0 spiro atoms. The number of carbonyl (C=O) groups is 1. The number of nitrogens with zero attached hydrogens (tertiary/aromatic N) is 1. The molecule has 7 heteroatoms. The quantitative estimate of drug-likeness (QED) is 0.512. The summed E-state index contributed by atoms with van der Waals surface area (Å²) in [7, 11) is -3.26. The monoisotopic (exact) mass is 441 g/mol. The summed E-state index contributed by atoms with van der Waals surface area (Å²) in [4.78, 5) is 12.0. The Hall–Kier alpha value is -2.90. The number of para-hydroxylation sites is 1. The van der Waals surface area contributed by atoms with Gasteiger partial charge in [0.25, 0.3) is 0 Å². The van der Waals surface area contributed by atoms with E-state index < -0.39 is 9.84 Å². The third-order valence-corrected chi connectivity index (χ3v) is 6.25. The lowest BCUT2D eigenvalue weighted by molar-refractivity contribution is -0.143. The van der Waals surface area contributed by atoms with Crippen molar-refractivity contribution in [2.75, 3.05) is 19.5 Å². The number of aliphatic hydroxyl groups excluding tert-OH is 1. The van der Waals surface area contributed by atoms with Crippen molar-refractivity contribution in [3.63, 3.8) is 0 Å². The van der Waals surface area contributed by atoms with Crippen LogP contribution in [0.4, 0.5) is 0 Å². The van der Waals surface area contributed by atoms with Gasteiger partial charge in [0.05, 0.1) is 17.2 Å². The summed E-state index contributed by atoms with van der Waals surface area (Å²) in [6.45, 7) is 2.25. The smallest absolute Gasteiger partial charge is 0.305 e. The second-order valence-corrected chi connectivity index (χ2v) is 9.42. The van der Waals surface area contributed by atoms with Crippen molar-refractivity contribution >= 4 is 15.8 Å². The molecule has 1 aromatic heterocycles. The molecule has 1 heterocycles. The molecular weight excluding hydrogens is 414 g/mol. The van der Waals surface area contributed by atoms with Crippen LogP contribution in [0, 0.1) is 6.92 Å². The molecule has 0 aliphatic heterocycles. The van der Waals surface area contributed by atoms with E-state index in [2.05, 4.69) is 10.6 Å². The van der Waals surface area contributed by atoms with Crippen molar-refractivity contribution in [2.24, 2.45) is 0 Å². The first-order valence-electron chi connectivity index (χ1n) is 10.1. The van der Waals surface area contributed by atoms with Gasteiger partial charge in [-0.2, -0.15) is 0 Å². The van der Waals surface area contributed by atoms with E-state index in [1.807, 2.05) is 49.4 Å². The number of aliphatic hydroxyl groups is 1. The zero-order valence-corrected chi connectivity index (χ0v) is 18.6. The summed E-state index contributed by atoms with van der Waals surface area (Å²) < 4.78 is 31.0. The molecule has 31 heavy (non-hydrogen) atoms. The van der Waals surface area contributed by atoms with E-state index in [0.717, 1.165) is 28.2 Å². The fraction of sp³-hybridized carbons (Fsp3) is 0.292. The minimum atomic E-state index is -3.26. The third kappa shape index (κ3) is 5.62. The molecule has 0 saturated carbocycles. The number of ether oxygens (including phenoxy) is 1. The first kappa shape index (κ1) is 22.8. The average molecular weight is 442 g/mol. The summed E-state index contributed by atoms with van der Waals surface area (Å²) in [5, 5.41) is 8.82. The van der Waals surface area contributed by atoms with E-state index >= 15 is 0 Å². The molecule has 3 aromatic rings.